The van der Waals surface area contributed by atoms with Gasteiger partial charge in [0.05, 0.1) is 24.3 Å². The monoisotopic (exact) mass is 435 g/mol. The first-order valence-corrected chi connectivity index (χ1v) is 9.82. The average Bonchev–Trinajstić information content (AvgIpc) is 3.05. The Morgan fingerprint density at radius 2 is 1.53 bits per heavy atom. The summed E-state index contributed by atoms with van der Waals surface area (Å²) in [4.78, 5) is 27.3. The Bertz CT molecular complexity index is 1200. The lowest BCUT2D eigenvalue weighted by Crippen LogP contribution is -2.29. The SMILES string of the molecule is COc1ccccc1/C(O)=C1/C(=O)C(=O)N(Cc2ccc(F)cc2)C1c1ccc(F)cc1. The van der Waals surface area contributed by atoms with Gasteiger partial charge in [0.15, 0.2) is 0 Å². The minimum atomic E-state index is -0.967. The fourth-order valence-electron chi connectivity index (χ4n) is 3.81. The number of Topliss-reactive ketones (excluding diaryl/α,β-unsaturated/α-hetero) is 1. The number of benzene rings is 3. The van der Waals surface area contributed by atoms with E-state index in [9.17, 15) is 23.5 Å². The van der Waals surface area contributed by atoms with Gasteiger partial charge in [0, 0.05) is 6.54 Å². The molecular formula is C25H19F2NO4. The summed E-state index contributed by atoms with van der Waals surface area (Å²) in [5, 5.41) is 11.1. The number of hydrogen-bond donors (Lipinski definition) is 1. The molecular weight excluding hydrogens is 416 g/mol. The number of rotatable bonds is 5. The Balaban J connectivity index is 1.87. The topological polar surface area (TPSA) is 66.8 Å². The third kappa shape index (κ3) is 3.85. The van der Waals surface area contributed by atoms with Gasteiger partial charge in [-0.1, -0.05) is 36.4 Å². The number of aliphatic hydroxyl groups excluding tert-OH is 1. The normalized spacial score (nSPS) is 17.6. The van der Waals surface area contributed by atoms with E-state index in [1.165, 1.54) is 60.5 Å². The summed E-state index contributed by atoms with van der Waals surface area (Å²) in [6, 6.07) is 16.5. The molecule has 1 aliphatic rings. The maximum absolute atomic E-state index is 13.6. The van der Waals surface area contributed by atoms with Gasteiger partial charge in [0.2, 0.25) is 0 Å². The van der Waals surface area contributed by atoms with Crippen LogP contribution in [0.25, 0.3) is 5.76 Å². The second-order valence-electron chi connectivity index (χ2n) is 7.31. The summed E-state index contributed by atoms with van der Waals surface area (Å²) in [5.41, 5.74) is 1.16. The van der Waals surface area contributed by atoms with Crippen molar-refractivity contribution in [2.45, 2.75) is 12.6 Å². The minimum Gasteiger partial charge on any atom is -0.507 e. The van der Waals surface area contributed by atoms with Gasteiger partial charge >= 0.3 is 0 Å². The number of likely N-dealkylation sites (tertiary alicyclic amines) is 1. The van der Waals surface area contributed by atoms with Gasteiger partial charge in [-0.25, -0.2) is 8.78 Å². The maximum Gasteiger partial charge on any atom is 0.295 e. The highest BCUT2D eigenvalue weighted by Gasteiger charge is 2.46. The van der Waals surface area contributed by atoms with E-state index in [0.29, 0.717) is 16.9 Å². The summed E-state index contributed by atoms with van der Waals surface area (Å²) < 4.78 is 32.2. The number of hydrogen-bond acceptors (Lipinski definition) is 4. The molecule has 1 saturated heterocycles. The lowest BCUT2D eigenvalue weighted by Gasteiger charge is -2.25. The number of ether oxygens (including phenoxy) is 1. The van der Waals surface area contributed by atoms with Crippen LogP contribution in [0.2, 0.25) is 0 Å². The lowest BCUT2D eigenvalue weighted by molar-refractivity contribution is -0.140. The van der Waals surface area contributed by atoms with Crippen LogP contribution in [0.5, 0.6) is 5.75 Å². The molecule has 1 aliphatic heterocycles. The molecule has 0 bridgehead atoms. The van der Waals surface area contributed by atoms with E-state index in [1.807, 2.05) is 0 Å². The molecule has 0 saturated carbocycles. The van der Waals surface area contributed by atoms with Crippen LogP contribution in [-0.4, -0.2) is 28.8 Å². The molecule has 5 nitrogen and oxygen atoms in total. The molecule has 1 fully saturated rings. The van der Waals surface area contributed by atoms with Gasteiger partial charge < -0.3 is 14.7 Å². The quantitative estimate of drug-likeness (QED) is 0.362. The highest BCUT2D eigenvalue weighted by atomic mass is 19.1. The fourth-order valence-corrected chi connectivity index (χ4v) is 3.81. The van der Waals surface area contributed by atoms with Crippen LogP contribution in [0.15, 0.2) is 78.4 Å². The van der Waals surface area contributed by atoms with Gasteiger partial charge in [-0.15, -0.1) is 0 Å². The van der Waals surface area contributed by atoms with Crippen molar-refractivity contribution in [3.8, 4) is 5.75 Å². The number of amides is 1. The molecule has 1 unspecified atom stereocenters. The summed E-state index contributed by atoms with van der Waals surface area (Å²) >= 11 is 0. The Morgan fingerprint density at radius 1 is 0.938 bits per heavy atom. The summed E-state index contributed by atoms with van der Waals surface area (Å²) in [7, 11) is 1.43. The van der Waals surface area contributed by atoms with Crippen LogP contribution in [0.3, 0.4) is 0 Å². The van der Waals surface area contributed by atoms with Crippen molar-refractivity contribution in [3.63, 3.8) is 0 Å². The number of ketones is 1. The molecule has 0 aliphatic carbocycles. The molecule has 0 radical (unpaired) electrons. The molecule has 32 heavy (non-hydrogen) atoms. The number of nitrogens with zero attached hydrogens (tertiary/aromatic N) is 1. The molecule has 1 heterocycles. The van der Waals surface area contributed by atoms with Crippen LogP contribution in [0.1, 0.15) is 22.7 Å². The number of carbonyl (C=O) groups is 2. The highest BCUT2D eigenvalue weighted by molar-refractivity contribution is 6.46. The lowest BCUT2D eigenvalue weighted by atomic mass is 9.95. The minimum absolute atomic E-state index is 0.00436. The molecule has 3 aromatic carbocycles. The Labute approximate surface area is 183 Å². The highest BCUT2D eigenvalue weighted by Crippen LogP contribution is 2.41. The molecule has 1 N–H and O–H groups in total. The summed E-state index contributed by atoms with van der Waals surface area (Å²) in [5.74, 6) is -2.66. The molecule has 0 aromatic heterocycles. The third-order valence-electron chi connectivity index (χ3n) is 5.35. The first-order valence-electron chi connectivity index (χ1n) is 9.82. The smallest absolute Gasteiger partial charge is 0.295 e. The maximum atomic E-state index is 13.6. The second kappa shape index (κ2) is 8.63. The van der Waals surface area contributed by atoms with Gasteiger partial charge in [0.25, 0.3) is 11.7 Å². The van der Waals surface area contributed by atoms with E-state index in [0.717, 1.165) is 0 Å². The predicted octanol–water partition coefficient (Wildman–Crippen LogP) is 4.60. The Hall–Kier alpha value is -4.00. The van der Waals surface area contributed by atoms with Crippen molar-refractivity contribution in [1.29, 1.82) is 0 Å². The van der Waals surface area contributed by atoms with Crippen LogP contribution < -0.4 is 4.74 Å². The van der Waals surface area contributed by atoms with Gasteiger partial charge in [-0.2, -0.15) is 0 Å². The summed E-state index contributed by atoms with van der Waals surface area (Å²) in [6.45, 7) is -0.00436. The standard InChI is InChI=1S/C25H19F2NO4/c1-32-20-5-3-2-4-19(20)23(29)21-22(16-8-12-18(27)13-9-16)28(25(31)24(21)30)14-15-6-10-17(26)11-7-15/h2-13,22,29H,14H2,1H3/b23-21-. The molecule has 162 valence electrons. The molecule has 3 aromatic rings. The first-order chi connectivity index (χ1) is 15.4. The zero-order valence-electron chi connectivity index (χ0n) is 17.1. The number of halogens is 2. The third-order valence-corrected chi connectivity index (χ3v) is 5.35. The van der Waals surface area contributed by atoms with Crippen molar-refractivity contribution in [3.05, 3.63) is 107 Å². The zero-order valence-corrected chi connectivity index (χ0v) is 17.1. The van der Waals surface area contributed by atoms with E-state index in [1.54, 1.807) is 24.3 Å². The van der Waals surface area contributed by atoms with Crippen molar-refractivity contribution in [1.82, 2.24) is 4.90 Å². The van der Waals surface area contributed by atoms with Crippen LogP contribution in [-0.2, 0) is 16.1 Å². The largest absolute Gasteiger partial charge is 0.507 e. The number of carbonyl (C=O) groups excluding carboxylic acids is 2. The number of methoxy groups -OCH3 is 1. The predicted molar refractivity (Wildman–Crippen MR) is 114 cm³/mol. The molecule has 0 spiro atoms. The van der Waals surface area contributed by atoms with Gasteiger partial charge in [-0.05, 0) is 47.5 Å². The van der Waals surface area contributed by atoms with E-state index in [-0.39, 0.29) is 17.7 Å². The van der Waals surface area contributed by atoms with Crippen LogP contribution in [0.4, 0.5) is 8.78 Å². The second-order valence-corrected chi connectivity index (χ2v) is 7.31. The molecule has 4 rings (SSSR count). The number of aliphatic hydroxyl groups is 1. The zero-order chi connectivity index (χ0) is 22.8. The van der Waals surface area contributed by atoms with Crippen LogP contribution >= 0.6 is 0 Å². The van der Waals surface area contributed by atoms with E-state index < -0.39 is 35.1 Å². The fraction of sp³-hybridized carbons (Fsp3) is 0.120. The van der Waals surface area contributed by atoms with E-state index >= 15 is 0 Å². The van der Waals surface area contributed by atoms with Crippen LogP contribution in [0, 0.1) is 11.6 Å². The van der Waals surface area contributed by atoms with E-state index in [4.69, 9.17) is 4.74 Å². The summed E-state index contributed by atoms with van der Waals surface area (Å²) in [6.07, 6.45) is 0. The number of para-hydroxylation sites is 1. The average molecular weight is 435 g/mol. The van der Waals surface area contributed by atoms with E-state index in [2.05, 4.69) is 0 Å². The molecule has 1 atom stereocenters. The molecule has 7 heteroatoms. The van der Waals surface area contributed by atoms with Gasteiger partial charge in [0.1, 0.15) is 23.1 Å². The molecule has 1 amide bonds. The van der Waals surface area contributed by atoms with Gasteiger partial charge in [-0.3, -0.25) is 9.59 Å². The van der Waals surface area contributed by atoms with Crippen molar-refractivity contribution in [2.75, 3.05) is 7.11 Å². The first kappa shape index (κ1) is 21.2. The van der Waals surface area contributed by atoms with Crippen molar-refractivity contribution < 1.29 is 28.2 Å². The van der Waals surface area contributed by atoms with Crippen molar-refractivity contribution in [2.24, 2.45) is 0 Å². The van der Waals surface area contributed by atoms with Crippen molar-refractivity contribution >= 4 is 17.4 Å². The Morgan fingerprint density at radius 3 is 2.16 bits per heavy atom. The Kier molecular flexibility index (Phi) is 5.73.